The Morgan fingerprint density at radius 3 is 2.57 bits per heavy atom. The van der Waals surface area contributed by atoms with Gasteiger partial charge in [0.1, 0.15) is 0 Å². The standard InChI is InChI=1S/C16H21F3N2O2/c1-11(14-4-3-9-23-14)20-15(22)21(2)10-12-5-7-13(8-6-12)16(17,18)19/h5-8,11,14H,3-4,9-10H2,1-2H3,(H,20,22). The Balaban J connectivity index is 1.87. The average molecular weight is 330 g/mol. The van der Waals surface area contributed by atoms with Gasteiger partial charge < -0.3 is 15.0 Å². The van der Waals surface area contributed by atoms with Crippen LogP contribution in [-0.4, -0.2) is 36.7 Å². The first kappa shape index (κ1) is 17.6. The largest absolute Gasteiger partial charge is 0.416 e. The molecule has 0 radical (unpaired) electrons. The second-order valence-corrected chi connectivity index (χ2v) is 5.84. The first-order valence-electron chi connectivity index (χ1n) is 7.57. The van der Waals surface area contributed by atoms with Crippen LogP contribution in [0.5, 0.6) is 0 Å². The molecule has 2 rings (SSSR count). The van der Waals surface area contributed by atoms with Crippen molar-refractivity contribution in [2.45, 2.75) is 44.6 Å². The second kappa shape index (κ2) is 7.21. The van der Waals surface area contributed by atoms with E-state index in [0.717, 1.165) is 25.0 Å². The molecule has 0 spiro atoms. The van der Waals surface area contributed by atoms with Gasteiger partial charge in [0.05, 0.1) is 17.7 Å². The van der Waals surface area contributed by atoms with Gasteiger partial charge in [0, 0.05) is 20.2 Å². The highest BCUT2D eigenvalue weighted by Crippen LogP contribution is 2.29. The summed E-state index contributed by atoms with van der Waals surface area (Å²) < 4.78 is 43.1. The highest BCUT2D eigenvalue weighted by molar-refractivity contribution is 5.74. The summed E-state index contributed by atoms with van der Waals surface area (Å²) in [6.45, 7) is 2.84. The Hall–Kier alpha value is -1.76. The predicted molar refractivity (Wildman–Crippen MR) is 79.9 cm³/mol. The van der Waals surface area contributed by atoms with E-state index in [1.807, 2.05) is 6.92 Å². The van der Waals surface area contributed by atoms with Crippen LogP contribution in [0.2, 0.25) is 0 Å². The molecule has 2 amide bonds. The van der Waals surface area contributed by atoms with Crippen molar-refractivity contribution in [2.24, 2.45) is 0 Å². The number of halogens is 3. The van der Waals surface area contributed by atoms with Crippen LogP contribution >= 0.6 is 0 Å². The topological polar surface area (TPSA) is 41.6 Å². The summed E-state index contributed by atoms with van der Waals surface area (Å²) in [5.41, 5.74) is -0.0548. The van der Waals surface area contributed by atoms with Crippen molar-refractivity contribution in [2.75, 3.05) is 13.7 Å². The van der Waals surface area contributed by atoms with Gasteiger partial charge >= 0.3 is 12.2 Å². The molecule has 2 atom stereocenters. The maximum absolute atomic E-state index is 12.5. The van der Waals surface area contributed by atoms with E-state index in [1.54, 1.807) is 7.05 Å². The summed E-state index contributed by atoms with van der Waals surface area (Å²) in [7, 11) is 1.61. The fourth-order valence-electron chi connectivity index (χ4n) is 2.54. The second-order valence-electron chi connectivity index (χ2n) is 5.84. The van der Waals surface area contributed by atoms with Crippen molar-refractivity contribution in [3.05, 3.63) is 35.4 Å². The van der Waals surface area contributed by atoms with E-state index in [-0.39, 0.29) is 24.7 Å². The summed E-state index contributed by atoms with van der Waals surface area (Å²) >= 11 is 0. The van der Waals surface area contributed by atoms with Crippen LogP contribution in [0, 0.1) is 0 Å². The van der Waals surface area contributed by atoms with Crippen LogP contribution in [0.3, 0.4) is 0 Å². The third kappa shape index (κ3) is 4.86. The van der Waals surface area contributed by atoms with Gasteiger partial charge in [-0.15, -0.1) is 0 Å². The zero-order valence-electron chi connectivity index (χ0n) is 13.2. The monoisotopic (exact) mass is 330 g/mol. The first-order valence-corrected chi connectivity index (χ1v) is 7.57. The van der Waals surface area contributed by atoms with Crippen molar-refractivity contribution in [1.82, 2.24) is 10.2 Å². The van der Waals surface area contributed by atoms with Crippen molar-refractivity contribution < 1.29 is 22.7 Å². The fraction of sp³-hybridized carbons (Fsp3) is 0.562. The third-order valence-corrected chi connectivity index (χ3v) is 3.92. The molecule has 0 bridgehead atoms. The molecule has 1 aliphatic rings. The summed E-state index contributed by atoms with van der Waals surface area (Å²) in [5.74, 6) is 0. The van der Waals surface area contributed by atoms with E-state index in [1.165, 1.54) is 17.0 Å². The van der Waals surface area contributed by atoms with E-state index >= 15 is 0 Å². The van der Waals surface area contributed by atoms with Crippen LogP contribution in [0.15, 0.2) is 24.3 Å². The molecular formula is C16H21F3N2O2. The molecule has 4 nitrogen and oxygen atoms in total. The van der Waals surface area contributed by atoms with Gasteiger partial charge in [-0.05, 0) is 37.5 Å². The van der Waals surface area contributed by atoms with Crippen molar-refractivity contribution >= 4 is 6.03 Å². The number of ether oxygens (including phenoxy) is 1. The SMILES string of the molecule is CC(NC(=O)N(C)Cc1ccc(C(F)(F)F)cc1)C1CCCO1. The first-order chi connectivity index (χ1) is 10.8. The molecule has 0 aromatic heterocycles. The van der Waals surface area contributed by atoms with E-state index in [9.17, 15) is 18.0 Å². The van der Waals surface area contributed by atoms with Crippen molar-refractivity contribution in [3.63, 3.8) is 0 Å². The van der Waals surface area contributed by atoms with E-state index in [4.69, 9.17) is 4.74 Å². The number of carbonyl (C=O) groups is 1. The Kier molecular flexibility index (Phi) is 5.51. The molecule has 0 saturated carbocycles. The van der Waals surface area contributed by atoms with Gasteiger partial charge in [-0.2, -0.15) is 13.2 Å². The molecule has 1 N–H and O–H groups in total. The lowest BCUT2D eigenvalue weighted by Gasteiger charge is -2.24. The van der Waals surface area contributed by atoms with Gasteiger partial charge in [-0.1, -0.05) is 12.1 Å². The number of alkyl halides is 3. The molecule has 0 aliphatic carbocycles. The number of rotatable bonds is 4. The van der Waals surface area contributed by atoms with Gasteiger partial charge in [-0.3, -0.25) is 0 Å². The number of amides is 2. The molecule has 2 unspecified atom stereocenters. The predicted octanol–water partition coefficient (Wildman–Crippen LogP) is 3.41. The maximum atomic E-state index is 12.5. The summed E-state index contributed by atoms with van der Waals surface area (Å²) in [6.07, 6.45) is -2.41. The van der Waals surface area contributed by atoms with Crippen molar-refractivity contribution in [3.8, 4) is 0 Å². The molecule has 7 heteroatoms. The third-order valence-electron chi connectivity index (χ3n) is 3.92. The van der Waals surface area contributed by atoms with E-state index < -0.39 is 11.7 Å². The van der Waals surface area contributed by atoms with Gasteiger partial charge in [-0.25, -0.2) is 4.79 Å². The smallest absolute Gasteiger partial charge is 0.376 e. The number of carbonyl (C=O) groups excluding carboxylic acids is 1. The van der Waals surface area contributed by atoms with Gasteiger partial charge in [0.15, 0.2) is 0 Å². The van der Waals surface area contributed by atoms with Crippen LogP contribution in [0.25, 0.3) is 0 Å². The van der Waals surface area contributed by atoms with Crippen molar-refractivity contribution in [1.29, 1.82) is 0 Å². The molecule has 1 aromatic rings. The molecule has 1 saturated heterocycles. The van der Waals surface area contributed by atoms with Gasteiger partial charge in [0.25, 0.3) is 0 Å². The number of nitrogens with one attached hydrogen (secondary N) is 1. The zero-order chi connectivity index (χ0) is 17.0. The molecule has 1 heterocycles. The maximum Gasteiger partial charge on any atom is 0.416 e. The Labute approximate surface area is 133 Å². The van der Waals surface area contributed by atoms with Crippen LogP contribution in [-0.2, 0) is 17.5 Å². The average Bonchev–Trinajstić information content (AvgIpc) is 3.01. The van der Waals surface area contributed by atoms with E-state index in [0.29, 0.717) is 12.2 Å². The highest BCUT2D eigenvalue weighted by atomic mass is 19.4. The molecular weight excluding hydrogens is 309 g/mol. The Morgan fingerprint density at radius 1 is 1.39 bits per heavy atom. The molecule has 1 aromatic carbocycles. The molecule has 23 heavy (non-hydrogen) atoms. The van der Waals surface area contributed by atoms with Crippen LogP contribution in [0.4, 0.5) is 18.0 Å². The fourth-order valence-corrected chi connectivity index (χ4v) is 2.54. The van der Waals surface area contributed by atoms with Crippen LogP contribution in [0.1, 0.15) is 30.9 Å². The lowest BCUT2D eigenvalue weighted by atomic mass is 10.1. The number of nitrogens with zero attached hydrogens (tertiary/aromatic N) is 1. The molecule has 128 valence electrons. The van der Waals surface area contributed by atoms with Gasteiger partial charge in [0.2, 0.25) is 0 Å². The van der Waals surface area contributed by atoms with Crippen LogP contribution < -0.4 is 5.32 Å². The Morgan fingerprint density at radius 2 is 2.04 bits per heavy atom. The lowest BCUT2D eigenvalue weighted by molar-refractivity contribution is -0.137. The number of hydrogen-bond donors (Lipinski definition) is 1. The lowest BCUT2D eigenvalue weighted by Crippen LogP contribution is -2.46. The minimum atomic E-state index is -4.35. The molecule has 1 aliphatic heterocycles. The van der Waals surface area contributed by atoms with E-state index in [2.05, 4.69) is 5.32 Å². The molecule has 1 fully saturated rings. The minimum Gasteiger partial charge on any atom is -0.376 e. The number of urea groups is 1. The summed E-state index contributed by atoms with van der Waals surface area (Å²) in [6, 6.07) is 4.45. The summed E-state index contributed by atoms with van der Waals surface area (Å²) in [4.78, 5) is 13.6. The number of benzene rings is 1. The quantitative estimate of drug-likeness (QED) is 0.919. The number of hydrogen-bond acceptors (Lipinski definition) is 2. The zero-order valence-corrected chi connectivity index (χ0v) is 13.2. The summed E-state index contributed by atoms with van der Waals surface area (Å²) in [5, 5.41) is 2.86. The normalized spacial score (nSPS) is 19.4. The minimum absolute atomic E-state index is 0.0263. The highest BCUT2D eigenvalue weighted by Gasteiger charge is 2.30. The Bertz CT molecular complexity index is 525.